The first kappa shape index (κ1) is 15.6. The Morgan fingerprint density at radius 3 is 2.45 bits per heavy atom. The molecule has 2 aromatic rings. The minimum atomic E-state index is -0.212. The van der Waals surface area contributed by atoms with Crippen molar-refractivity contribution in [1.29, 1.82) is 0 Å². The van der Waals surface area contributed by atoms with Crippen LogP contribution >= 0.6 is 22.6 Å². The minimum absolute atomic E-state index is 0.212. The monoisotopic (exact) mass is 384 g/mol. The van der Waals surface area contributed by atoms with Gasteiger partial charge in [0.25, 0.3) is 0 Å². The van der Waals surface area contributed by atoms with Gasteiger partial charge in [-0.05, 0) is 48.7 Å². The van der Waals surface area contributed by atoms with Crippen LogP contribution in [0.4, 0.5) is 0 Å². The first-order valence-electron chi connectivity index (χ1n) is 7.10. The van der Waals surface area contributed by atoms with Gasteiger partial charge in [0.15, 0.2) is 6.29 Å². The van der Waals surface area contributed by atoms with E-state index in [2.05, 4.69) is 59.8 Å². The Bertz CT molecular complexity index is 568. The summed E-state index contributed by atoms with van der Waals surface area (Å²) in [5, 5.41) is 2.46. The summed E-state index contributed by atoms with van der Waals surface area (Å²) in [7, 11) is 0. The molecule has 3 heteroatoms. The second-order valence-corrected chi connectivity index (χ2v) is 6.29. The number of hydrogen-bond donors (Lipinski definition) is 0. The number of hydrogen-bond acceptors (Lipinski definition) is 2. The molecule has 2 unspecified atom stereocenters. The van der Waals surface area contributed by atoms with Crippen LogP contribution in [0.2, 0.25) is 0 Å². The van der Waals surface area contributed by atoms with Gasteiger partial charge in [-0.25, -0.2) is 0 Å². The summed E-state index contributed by atoms with van der Waals surface area (Å²) < 4.78 is 11.7. The third kappa shape index (κ3) is 3.85. The summed E-state index contributed by atoms with van der Waals surface area (Å²) in [5.41, 5.74) is 1.39. The van der Waals surface area contributed by atoms with Gasteiger partial charge in [-0.3, -0.25) is 0 Å². The second-order valence-electron chi connectivity index (χ2n) is 4.79. The Balaban J connectivity index is 2.22. The molecule has 0 saturated carbocycles. The molecule has 0 saturated heterocycles. The van der Waals surface area contributed by atoms with E-state index in [0.29, 0.717) is 10.5 Å². The zero-order valence-electron chi connectivity index (χ0n) is 12.2. The van der Waals surface area contributed by atoms with E-state index < -0.39 is 0 Å². The lowest BCUT2D eigenvalue weighted by Crippen LogP contribution is -2.15. The molecule has 20 heavy (non-hydrogen) atoms. The van der Waals surface area contributed by atoms with Gasteiger partial charge in [0.2, 0.25) is 0 Å². The van der Waals surface area contributed by atoms with E-state index in [0.717, 1.165) is 12.2 Å². The van der Waals surface area contributed by atoms with Gasteiger partial charge in [0, 0.05) is 10.5 Å². The Hall–Kier alpha value is -0.810. The Morgan fingerprint density at radius 1 is 1.05 bits per heavy atom. The molecule has 0 aliphatic rings. The summed E-state index contributed by atoms with van der Waals surface area (Å²) in [6, 6.07) is 12.8. The number of fused-ring (bicyclic) bond motifs is 1. The molecule has 0 aromatic heterocycles. The molecule has 0 N–H and O–H groups in total. The summed E-state index contributed by atoms with van der Waals surface area (Å²) >= 11 is 2.49. The highest BCUT2D eigenvalue weighted by atomic mass is 127. The average Bonchev–Trinajstić information content (AvgIpc) is 2.46. The number of halogens is 1. The third-order valence-electron chi connectivity index (χ3n) is 3.26. The second kappa shape index (κ2) is 7.27. The van der Waals surface area contributed by atoms with Crippen LogP contribution in [0.5, 0.6) is 5.75 Å². The van der Waals surface area contributed by atoms with Gasteiger partial charge < -0.3 is 9.47 Å². The van der Waals surface area contributed by atoms with Crippen LogP contribution in [-0.2, 0) is 4.74 Å². The molecule has 0 radical (unpaired) electrons. The van der Waals surface area contributed by atoms with Crippen molar-refractivity contribution in [1.82, 2.24) is 0 Å². The SMILES string of the molecule is CCOC(C)Oc1ccc2cc(C(I)CC)ccc2c1. The van der Waals surface area contributed by atoms with Crippen molar-refractivity contribution in [2.24, 2.45) is 0 Å². The summed E-state index contributed by atoms with van der Waals surface area (Å²) in [4.78, 5) is 0. The summed E-state index contributed by atoms with van der Waals surface area (Å²) in [5.74, 6) is 0.854. The van der Waals surface area contributed by atoms with E-state index >= 15 is 0 Å². The van der Waals surface area contributed by atoms with Crippen molar-refractivity contribution < 1.29 is 9.47 Å². The van der Waals surface area contributed by atoms with Crippen molar-refractivity contribution in [2.75, 3.05) is 6.61 Å². The average molecular weight is 384 g/mol. The maximum atomic E-state index is 5.74. The number of alkyl halides is 1. The van der Waals surface area contributed by atoms with Gasteiger partial charge in [0.05, 0.1) is 0 Å². The predicted octanol–water partition coefficient (Wildman–Crippen LogP) is 5.49. The third-order valence-corrected chi connectivity index (χ3v) is 4.86. The van der Waals surface area contributed by atoms with Crippen molar-refractivity contribution >= 4 is 33.4 Å². The number of ether oxygens (including phenoxy) is 2. The molecule has 0 aliphatic heterocycles. The molecule has 2 aromatic carbocycles. The first-order valence-corrected chi connectivity index (χ1v) is 8.34. The van der Waals surface area contributed by atoms with Crippen LogP contribution in [0.3, 0.4) is 0 Å². The molecule has 2 nitrogen and oxygen atoms in total. The smallest absolute Gasteiger partial charge is 0.196 e. The van der Waals surface area contributed by atoms with E-state index in [-0.39, 0.29) is 6.29 Å². The number of benzene rings is 2. The molecule has 2 rings (SSSR count). The summed E-state index contributed by atoms with van der Waals surface area (Å²) in [6.07, 6.45) is 0.939. The Morgan fingerprint density at radius 2 is 1.75 bits per heavy atom. The topological polar surface area (TPSA) is 18.5 Å². The first-order chi connectivity index (χ1) is 9.63. The van der Waals surface area contributed by atoms with Gasteiger partial charge in [0.1, 0.15) is 5.75 Å². The lowest BCUT2D eigenvalue weighted by Gasteiger charge is -2.15. The van der Waals surface area contributed by atoms with Crippen molar-refractivity contribution in [2.45, 2.75) is 37.4 Å². The predicted molar refractivity (Wildman–Crippen MR) is 92.7 cm³/mol. The zero-order chi connectivity index (χ0) is 14.5. The highest BCUT2D eigenvalue weighted by Gasteiger charge is 2.07. The fraction of sp³-hybridized carbons (Fsp3) is 0.412. The van der Waals surface area contributed by atoms with Gasteiger partial charge in [-0.15, -0.1) is 0 Å². The zero-order valence-corrected chi connectivity index (χ0v) is 14.4. The van der Waals surface area contributed by atoms with Crippen LogP contribution in [0.1, 0.15) is 36.7 Å². The van der Waals surface area contributed by atoms with E-state index in [1.54, 1.807) is 0 Å². The minimum Gasteiger partial charge on any atom is -0.465 e. The van der Waals surface area contributed by atoms with Crippen molar-refractivity contribution in [3.63, 3.8) is 0 Å². The van der Waals surface area contributed by atoms with E-state index in [1.165, 1.54) is 16.3 Å². The Labute approximate surface area is 134 Å². The van der Waals surface area contributed by atoms with Gasteiger partial charge in [-0.1, -0.05) is 53.8 Å². The van der Waals surface area contributed by atoms with Crippen molar-refractivity contribution in [3.8, 4) is 5.75 Å². The standard InChI is InChI=1S/C17H21IO2/c1-4-17(18)15-7-6-14-11-16(9-8-13(14)10-15)20-12(3)19-5-2/h6-12,17H,4-5H2,1-3H3. The number of rotatable bonds is 6. The molecule has 0 spiro atoms. The van der Waals surface area contributed by atoms with E-state index in [9.17, 15) is 0 Å². The lowest BCUT2D eigenvalue weighted by atomic mass is 10.0. The van der Waals surface area contributed by atoms with E-state index in [4.69, 9.17) is 9.47 Å². The largest absolute Gasteiger partial charge is 0.465 e. The molecule has 108 valence electrons. The molecule has 0 bridgehead atoms. The maximum Gasteiger partial charge on any atom is 0.196 e. The van der Waals surface area contributed by atoms with Gasteiger partial charge in [-0.2, -0.15) is 0 Å². The quantitative estimate of drug-likeness (QED) is 0.373. The van der Waals surface area contributed by atoms with E-state index in [1.807, 2.05) is 19.9 Å². The maximum absolute atomic E-state index is 5.74. The van der Waals surface area contributed by atoms with Crippen LogP contribution in [0.25, 0.3) is 10.8 Å². The van der Waals surface area contributed by atoms with Crippen LogP contribution in [0.15, 0.2) is 36.4 Å². The van der Waals surface area contributed by atoms with Gasteiger partial charge >= 0.3 is 0 Å². The molecule has 0 fully saturated rings. The van der Waals surface area contributed by atoms with Crippen LogP contribution < -0.4 is 4.74 Å². The summed E-state index contributed by atoms with van der Waals surface area (Å²) in [6.45, 7) is 6.76. The highest BCUT2D eigenvalue weighted by molar-refractivity contribution is 14.1. The molecule has 2 atom stereocenters. The fourth-order valence-corrected chi connectivity index (χ4v) is 2.59. The van der Waals surface area contributed by atoms with Crippen molar-refractivity contribution in [3.05, 3.63) is 42.0 Å². The normalized spacial score (nSPS) is 14.2. The lowest BCUT2D eigenvalue weighted by molar-refractivity contribution is -0.0612. The fourth-order valence-electron chi connectivity index (χ4n) is 2.21. The molecule has 0 amide bonds. The molecular formula is C17H21IO2. The Kier molecular flexibility index (Phi) is 5.66. The van der Waals surface area contributed by atoms with Crippen LogP contribution in [-0.4, -0.2) is 12.9 Å². The highest BCUT2D eigenvalue weighted by Crippen LogP contribution is 2.30. The molecule has 0 aliphatic carbocycles. The van der Waals surface area contributed by atoms with Crippen LogP contribution in [0, 0.1) is 0 Å². The molecular weight excluding hydrogens is 363 g/mol. The molecule has 0 heterocycles.